The highest BCUT2D eigenvalue weighted by Gasteiger charge is 2.23. The molecule has 0 radical (unpaired) electrons. The number of carbonyl (C=O) groups excluding carboxylic acids is 1. The van der Waals surface area contributed by atoms with Crippen LogP contribution in [0.2, 0.25) is 0 Å². The van der Waals surface area contributed by atoms with E-state index in [9.17, 15) is 4.79 Å². The topological polar surface area (TPSA) is 82.2 Å². The number of anilines is 1. The lowest BCUT2D eigenvalue weighted by Crippen LogP contribution is -2.18. The number of aryl methyl sites for hydroxylation is 2. The van der Waals surface area contributed by atoms with E-state index in [4.69, 9.17) is 9.15 Å². The second-order valence-electron chi connectivity index (χ2n) is 7.15. The molecule has 1 N–H and O–H groups in total. The zero-order valence-corrected chi connectivity index (χ0v) is 17.4. The third-order valence-electron chi connectivity index (χ3n) is 4.86. The number of rotatable bonds is 7. The maximum absolute atomic E-state index is 12.4. The molecule has 3 aromatic rings. The summed E-state index contributed by atoms with van der Waals surface area (Å²) in [6.45, 7) is 5.35. The van der Waals surface area contributed by atoms with Crippen LogP contribution >= 0.6 is 11.8 Å². The zero-order valence-electron chi connectivity index (χ0n) is 16.6. The van der Waals surface area contributed by atoms with Crippen molar-refractivity contribution in [2.75, 3.05) is 17.7 Å². The van der Waals surface area contributed by atoms with Crippen molar-refractivity contribution in [1.82, 2.24) is 14.8 Å². The molecule has 29 heavy (non-hydrogen) atoms. The van der Waals surface area contributed by atoms with Crippen molar-refractivity contribution in [3.05, 3.63) is 47.9 Å². The minimum absolute atomic E-state index is 0.0756. The average molecular weight is 413 g/mol. The first kappa shape index (κ1) is 19.7. The van der Waals surface area contributed by atoms with Crippen LogP contribution in [0.1, 0.15) is 24.2 Å². The number of aromatic nitrogens is 3. The Bertz CT molecular complexity index is 991. The maximum Gasteiger partial charge on any atom is 0.234 e. The van der Waals surface area contributed by atoms with Crippen molar-refractivity contribution in [2.24, 2.45) is 0 Å². The van der Waals surface area contributed by atoms with E-state index >= 15 is 0 Å². The van der Waals surface area contributed by atoms with Crippen molar-refractivity contribution in [1.29, 1.82) is 0 Å². The SMILES string of the molecule is Cc1cccc(NC(=O)CSc2nnc(-c3ccoc3C)n2CC2CCCO2)c1. The van der Waals surface area contributed by atoms with Gasteiger partial charge in [0.05, 0.1) is 30.2 Å². The molecule has 1 saturated heterocycles. The minimum Gasteiger partial charge on any atom is -0.469 e. The number of carbonyl (C=O) groups is 1. The summed E-state index contributed by atoms with van der Waals surface area (Å²) < 4.78 is 13.3. The molecule has 152 valence electrons. The lowest BCUT2D eigenvalue weighted by molar-refractivity contribution is -0.113. The average Bonchev–Trinajstić information content (AvgIpc) is 3.42. The standard InChI is InChI=1S/C21H24N4O3S/c1-14-5-3-6-16(11-14)22-19(26)13-29-21-24-23-20(18-8-10-27-15(18)2)25(21)12-17-7-4-9-28-17/h3,5-6,8,10-11,17H,4,7,9,12-13H2,1-2H3,(H,22,26). The van der Waals surface area contributed by atoms with Crippen molar-refractivity contribution >= 4 is 23.4 Å². The molecule has 1 amide bonds. The normalized spacial score (nSPS) is 16.3. The molecular formula is C21H24N4O3S. The highest BCUT2D eigenvalue weighted by atomic mass is 32.2. The fourth-order valence-corrected chi connectivity index (χ4v) is 4.17. The summed E-state index contributed by atoms with van der Waals surface area (Å²) >= 11 is 1.38. The summed E-state index contributed by atoms with van der Waals surface area (Å²) in [6, 6.07) is 9.65. The van der Waals surface area contributed by atoms with Gasteiger partial charge in [-0.25, -0.2) is 0 Å². The summed E-state index contributed by atoms with van der Waals surface area (Å²) in [5, 5.41) is 12.4. The van der Waals surface area contributed by atoms with E-state index in [1.54, 1.807) is 6.26 Å². The predicted molar refractivity (Wildman–Crippen MR) is 112 cm³/mol. The number of nitrogens with one attached hydrogen (secondary N) is 1. The number of hydrogen-bond donors (Lipinski definition) is 1. The quantitative estimate of drug-likeness (QED) is 0.589. The van der Waals surface area contributed by atoms with Gasteiger partial charge in [-0.1, -0.05) is 23.9 Å². The summed E-state index contributed by atoms with van der Waals surface area (Å²) in [4.78, 5) is 12.4. The van der Waals surface area contributed by atoms with Crippen LogP contribution in [0, 0.1) is 13.8 Å². The van der Waals surface area contributed by atoms with Gasteiger partial charge in [-0.15, -0.1) is 10.2 Å². The van der Waals surface area contributed by atoms with Gasteiger partial charge in [-0.05, 0) is 50.5 Å². The van der Waals surface area contributed by atoms with Crippen LogP contribution in [-0.4, -0.2) is 39.1 Å². The molecule has 0 spiro atoms. The van der Waals surface area contributed by atoms with Crippen LogP contribution < -0.4 is 5.32 Å². The molecule has 7 nitrogen and oxygen atoms in total. The lowest BCUT2D eigenvalue weighted by Gasteiger charge is -2.14. The van der Waals surface area contributed by atoms with Crippen LogP contribution in [0.15, 0.2) is 46.2 Å². The van der Waals surface area contributed by atoms with Crippen LogP contribution in [0.25, 0.3) is 11.4 Å². The van der Waals surface area contributed by atoms with Crippen LogP contribution in [-0.2, 0) is 16.1 Å². The van der Waals surface area contributed by atoms with E-state index in [0.29, 0.717) is 11.7 Å². The first-order chi connectivity index (χ1) is 14.1. The van der Waals surface area contributed by atoms with E-state index in [1.165, 1.54) is 11.8 Å². The third-order valence-corrected chi connectivity index (χ3v) is 5.83. The van der Waals surface area contributed by atoms with Crippen molar-refractivity contribution in [2.45, 2.75) is 44.5 Å². The molecule has 4 rings (SSSR count). The smallest absolute Gasteiger partial charge is 0.234 e. The monoisotopic (exact) mass is 412 g/mol. The molecule has 2 aromatic heterocycles. The van der Waals surface area contributed by atoms with Gasteiger partial charge >= 0.3 is 0 Å². The van der Waals surface area contributed by atoms with Crippen molar-refractivity contribution in [3.63, 3.8) is 0 Å². The van der Waals surface area contributed by atoms with Crippen LogP contribution in [0.4, 0.5) is 5.69 Å². The van der Waals surface area contributed by atoms with Gasteiger partial charge in [0.15, 0.2) is 11.0 Å². The fourth-order valence-electron chi connectivity index (χ4n) is 3.42. The molecule has 0 saturated carbocycles. The molecular weight excluding hydrogens is 388 g/mol. The largest absolute Gasteiger partial charge is 0.469 e. The van der Waals surface area contributed by atoms with Gasteiger partial charge in [-0.3, -0.25) is 9.36 Å². The van der Waals surface area contributed by atoms with E-state index in [1.807, 2.05) is 48.7 Å². The molecule has 1 aliphatic heterocycles. The van der Waals surface area contributed by atoms with Gasteiger partial charge in [0.2, 0.25) is 5.91 Å². The molecule has 1 fully saturated rings. The first-order valence-electron chi connectivity index (χ1n) is 9.69. The number of furan rings is 1. The van der Waals surface area contributed by atoms with Gasteiger partial charge in [0.1, 0.15) is 5.76 Å². The molecule has 1 unspecified atom stereocenters. The Labute approximate surface area is 173 Å². The Kier molecular flexibility index (Phi) is 6.01. The highest BCUT2D eigenvalue weighted by Crippen LogP contribution is 2.29. The second kappa shape index (κ2) is 8.84. The molecule has 1 atom stereocenters. The Morgan fingerprint density at radius 1 is 1.31 bits per heavy atom. The van der Waals surface area contributed by atoms with Crippen LogP contribution in [0.5, 0.6) is 0 Å². The number of amides is 1. The van der Waals surface area contributed by atoms with Crippen molar-refractivity contribution < 1.29 is 13.9 Å². The number of hydrogen-bond acceptors (Lipinski definition) is 6. The van der Waals surface area contributed by atoms with E-state index in [0.717, 1.165) is 47.8 Å². The van der Waals surface area contributed by atoms with E-state index < -0.39 is 0 Å². The Balaban J connectivity index is 1.49. The highest BCUT2D eigenvalue weighted by molar-refractivity contribution is 7.99. The summed E-state index contributed by atoms with van der Waals surface area (Å²) in [7, 11) is 0. The van der Waals surface area contributed by atoms with E-state index in [2.05, 4.69) is 15.5 Å². The number of ether oxygens (including phenoxy) is 1. The van der Waals surface area contributed by atoms with Gasteiger partial charge in [0, 0.05) is 12.3 Å². The van der Waals surface area contributed by atoms with Crippen molar-refractivity contribution in [3.8, 4) is 11.4 Å². The second-order valence-corrected chi connectivity index (χ2v) is 8.09. The third kappa shape index (κ3) is 4.71. The first-order valence-corrected chi connectivity index (χ1v) is 10.7. The van der Waals surface area contributed by atoms with Gasteiger partial charge < -0.3 is 14.5 Å². The molecule has 8 heteroatoms. The molecule has 0 bridgehead atoms. The zero-order chi connectivity index (χ0) is 20.2. The fraction of sp³-hybridized carbons (Fsp3) is 0.381. The summed E-state index contributed by atoms with van der Waals surface area (Å²) in [5.41, 5.74) is 2.81. The Morgan fingerprint density at radius 3 is 2.93 bits per heavy atom. The number of benzene rings is 1. The summed E-state index contributed by atoms with van der Waals surface area (Å²) in [6.07, 6.45) is 3.86. The van der Waals surface area contributed by atoms with E-state index in [-0.39, 0.29) is 17.8 Å². The summed E-state index contributed by atoms with van der Waals surface area (Å²) in [5.74, 6) is 1.71. The Hall–Kier alpha value is -2.58. The predicted octanol–water partition coefficient (Wildman–Crippen LogP) is 4.06. The Morgan fingerprint density at radius 2 is 2.21 bits per heavy atom. The molecule has 1 aromatic carbocycles. The van der Waals surface area contributed by atoms with Gasteiger partial charge in [0.25, 0.3) is 0 Å². The molecule has 0 aliphatic carbocycles. The molecule has 1 aliphatic rings. The molecule has 3 heterocycles. The minimum atomic E-state index is -0.0756. The van der Waals surface area contributed by atoms with Gasteiger partial charge in [-0.2, -0.15) is 0 Å². The maximum atomic E-state index is 12.4. The lowest BCUT2D eigenvalue weighted by atomic mass is 10.2. The van der Waals surface area contributed by atoms with Crippen LogP contribution in [0.3, 0.4) is 0 Å². The number of thioether (sulfide) groups is 1. The number of nitrogens with zero attached hydrogens (tertiary/aromatic N) is 3.